The zero-order chi connectivity index (χ0) is 70.9. The van der Waals surface area contributed by atoms with E-state index in [2.05, 4.69) is 18.5 Å². The molecule has 0 aromatic heterocycles. The topological polar surface area (TPSA) is 400 Å². The molecule has 0 aliphatic carbocycles. The average molecular weight is 1390 g/mol. The number of aliphatic hydroxyl groups excluding tert-OH is 8. The molecule has 4 aromatic carbocycles. The Labute approximate surface area is 569 Å². The van der Waals surface area contributed by atoms with Crippen LogP contribution < -0.4 is 43.5 Å². The van der Waals surface area contributed by atoms with Crippen LogP contribution in [0.25, 0.3) is 0 Å². The largest absolute Gasteiger partial charge is 0.493 e. The predicted octanol–water partition coefficient (Wildman–Crippen LogP) is 2.44. The SMILES string of the molecule is C=C1C[C@H]2C(O)N(C(=O)OCc3ccc(O[C@@H]4OC[C@@H](O)[C@H](O)[C@H]4O)c(C(=O)CCCOC)c3)c3cc(OCCCCCOc4cc5c(cc4OC)C(=O)N4CC(=C)C[C@H]4C(O)N5C(=O)OCc4ccc(O[C@@H]5OC[C@@H](O)[C@H](O)[C@H]5O)c(C(=O)NCCOC)c4)c(OC)cc3C(=O)N2C1. The lowest BCUT2D eigenvalue weighted by molar-refractivity contribution is -0.242. The number of methoxy groups -OCH3 is 4. The average Bonchev–Trinajstić information content (AvgIpc) is 1.62. The van der Waals surface area contributed by atoms with Crippen molar-refractivity contribution in [2.24, 2.45) is 0 Å². The molecular formula is C68H83N5O26. The van der Waals surface area contributed by atoms with E-state index in [0.29, 0.717) is 42.4 Å². The van der Waals surface area contributed by atoms with Gasteiger partial charge in [0.1, 0.15) is 61.3 Å². The first-order valence-electron chi connectivity index (χ1n) is 32.2. The molecule has 31 heteroatoms. The number of ether oxygens (including phenoxy) is 12. The summed E-state index contributed by atoms with van der Waals surface area (Å²) in [5.41, 5.74) is 1.66. The quantitative estimate of drug-likeness (QED) is 0.0235. The second kappa shape index (κ2) is 32.5. The van der Waals surface area contributed by atoms with E-state index >= 15 is 0 Å². The van der Waals surface area contributed by atoms with Crippen molar-refractivity contribution in [1.29, 1.82) is 0 Å². The van der Waals surface area contributed by atoms with E-state index < -0.39 is 123 Å². The molecule has 10 rings (SSSR count). The molecule has 4 saturated heterocycles. The third-order valence-corrected chi connectivity index (χ3v) is 17.7. The third-order valence-electron chi connectivity index (χ3n) is 17.7. The number of hydrogen-bond acceptors (Lipinski definition) is 26. The molecule has 6 aliphatic rings. The van der Waals surface area contributed by atoms with E-state index in [1.54, 1.807) is 0 Å². The number of anilines is 2. The summed E-state index contributed by atoms with van der Waals surface area (Å²) in [6, 6.07) is 12.3. The smallest absolute Gasteiger partial charge is 0.416 e. The van der Waals surface area contributed by atoms with Gasteiger partial charge in [-0.25, -0.2) is 19.4 Å². The summed E-state index contributed by atoms with van der Waals surface area (Å²) in [5.74, 6) is -1.69. The van der Waals surface area contributed by atoms with Crippen LogP contribution in [0, 0.1) is 0 Å². The van der Waals surface area contributed by atoms with Gasteiger partial charge in [0, 0.05) is 59.0 Å². The fourth-order valence-corrected chi connectivity index (χ4v) is 12.4. The first kappa shape index (κ1) is 73.0. The highest BCUT2D eigenvalue weighted by atomic mass is 16.7. The van der Waals surface area contributed by atoms with E-state index in [1.807, 2.05) is 0 Å². The lowest BCUT2D eigenvalue weighted by Gasteiger charge is -2.35. The van der Waals surface area contributed by atoms with Gasteiger partial charge < -0.3 is 113 Å². The molecule has 5 amide bonds. The summed E-state index contributed by atoms with van der Waals surface area (Å²) in [7, 11) is 5.69. The van der Waals surface area contributed by atoms with Gasteiger partial charge >= 0.3 is 12.2 Å². The maximum atomic E-state index is 14.5. The molecule has 6 heterocycles. The second-order valence-corrected chi connectivity index (χ2v) is 24.5. The van der Waals surface area contributed by atoms with Crippen molar-refractivity contribution in [1.82, 2.24) is 15.1 Å². The van der Waals surface area contributed by atoms with Crippen LogP contribution in [0.15, 0.2) is 85.0 Å². The summed E-state index contributed by atoms with van der Waals surface area (Å²) in [6.45, 7) is 7.31. The fraction of sp³-hybridized carbons (Fsp3) is 0.500. The van der Waals surface area contributed by atoms with Crippen molar-refractivity contribution >= 4 is 47.1 Å². The van der Waals surface area contributed by atoms with Crippen LogP contribution in [0.3, 0.4) is 0 Å². The summed E-state index contributed by atoms with van der Waals surface area (Å²) in [4.78, 5) is 89.6. The minimum Gasteiger partial charge on any atom is -0.493 e. The molecule has 536 valence electrons. The van der Waals surface area contributed by atoms with Crippen LogP contribution >= 0.6 is 0 Å². The van der Waals surface area contributed by atoms with Crippen molar-refractivity contribution in [3.8, 4) is 34.5 Å². The summed E-state index contributed by atoms with van der Waals surface area (Å²) >= 11 is 0. The Morgan fingerprint density at radius 1 is 0.535 bits per heavy atom. The Bertz CT molecular complexity index is 3420. The van der Waals surface area contributed by atoms with Gasteiger partial charge in [0.25, 0.3) is 17.7 Å². The maximum Gasteiger partial charge on any atom is 0.416 e. The lowest BCUT2D eigenvalue weighted by atomic mass is 10.0. The molecule has 6 aliphatic heterocycles. The van der Waals surface area contributed by atoms with Crippen molar-refractivity contribution < 1.29 is 126 Å². The zero-order valence-corrected chi connectivity index (χ0v) is 55.1. The number of Topliss-reactive ketones (excluding diaryl/α,β-unsaturated/α-hetero) is 1. The first-order chi connectivity index (χ1) is 47.5. The number of amides is 5. The van der Waals surface area contributed by atoms with Gasteiger partial charge in [0.05, 0.1) is 93.0 Å². The Kier molecular flexibility index (Phi) is 24.0. The van der Waals surface area contributed by atoms with Crippen LogP contribution in [0.1, 0.15) is 97.5 Å². The van der Waals surface area contributed by atoms with E-state index in [1.165, 1.54) is 98.9 Å². The third kappa shape index (κ3) is 16.1. The van der Waals surface area contributed by atoms with Crippen LogP contribution in [0.4, 0.5) is 21.0 Å². The second-order valence-electron chi connectivity index (χ2n) is 24.5. The van der Waals surface area contributed by atoms with Gasteiger partial charge in [-0.15, -0.1) is 0 Å². The van der Waals surface area contributed by atoms with Crippen molar-refractivity contribution in [3.63, 3.8) is 0 Å². The van der Waals surface area contributed by atoms with Gasteiger partial charge in [-0.2, -0.15) is 0 Å². The standard InChI is InChI=1S/C68H83N5O26/c1-35-21-45-63(84)72(67(86)96-31-37-12-14-50(41(23-37)47(74)11-10-17-88-3)98-65-58(79)56(77)48(75)33-94-65)43-27-54(52(90-5)25-39(43)61(82)70(45)29-35)92-18-8-7-9-19-93-55-28-44-40(26-53(55)91-6)62(83)71-30-36(2)22-46(71)64(85)73(44)68(87)97-32-38-13-15-51(42(24-38)60(81)69-16-20-89-4)99-66-59(80)57(78)49(76)34-95-66/h12-15,23-28,45-46,48-49,56-59,63-66,75-80,84-85H,1-2,7-11,16-22,29-34H2,3-6H3,(H,69,81)/t45-,46-,48+,49+,56-,57-,58+,59+,63?,64?,65-,66-/m0/s1. The molecule has 0 saturated carbocycles. The molecule has 31 nitrogen and oxygen atoms in total. The lowest BCUT2D eigenvalue weighted by Crippen LogP contribution is -2.54. The highest BCUT2D eigenvalue weighted by Crippen LogP contribution is 2.45. The molecule has 0 spiro atoms. The Hall–Kier alpha value is -8.70. The molecule has 9 N–H and O–H groups in total. The van der Waals surface area contributed by atoms with Crippen LogP contribution in [0.5, 0.6) is 34.5 Å². The molecular weight excluding hydrogens is 1300 g/mol. The number of carbonyl (C=O) groups is 6. The number of unbranched alkanes of at least 4 members (excludes halogenated alkanes) is 2. The van der Waals surface area contributed by atoms with Crippen LogP contribution in [0.2, 0.25) is 0 Å². The maximum absolute atomic E-state index is 14.5. The number of fused-ring (bicyclic) bond motifs is 4. The normalized spacial score (nSPS) is 25.0. The van der Waals surface area contributed by atoms with Gasteiger partial charge in [-0.1, -0.05) is 36.4 Å². The summed E-state index contributed by atoms with van der Waals surface area (Å²) < 4.78 is 68.4. The van der Waals surface area contributed by atoms with Gasteiger partial charge in [0.15, 0.2) is 41.2 Å². The Morgan fingerprint density at radius 3 is 1.44 bits per heavy atom. The van der Waals surface area contributed by atoms with E-state index in [0.717, 1.165) is 9.80 Å². The predicted molar refractivity (Wildman–Crippen MR) is 345 cm³/mol. The molecule has 4 fully saturated rings. The molecule has 2 unspecified atom stereocenters. The monoisotopic (exact) mass is 1390 g/mol. The highest BCUT2D eigenvalue weighted by molar-refractivity contribution is 6.07. The number of hydrogen-bond donors (Lipinski definition) is 9. The van der Waals surface area contributed by atoms with Gasteiger partial charge in [-0.05, 0) is 86.1 Å². The summed E-state index contributed by atoms with van der Waals surface area (Å²) in [5, 5.41) is 88.5. The number of carbonyl (C=O) groups excluding carboxylic acids is 6. The molecule has 0 radical (unpaired) electrons. The van der Waals surface area contributed by atoms with E-state index in [9.17, 15) is 69.6 Å². The van der Waals surface area contributed by atoms with E-state index in [-0.39, 0.29) is 152 Å². The number of rotatable bonds is 27. The zero-order valence-electron chi connectivity index (χ0n) is 55.1. The molecule has 99 heavy (non-hydrogen) atoms. The highest BCUT2D eigenvalue weighted by Gasteiger charge is 2.49. The minimum atomic E-state index is -1.68. The van der Waals surface area contributed by atoms with Crippen molar-refractivity contribution in [2.75, 3.05) is 97.5 Å². The molecule has 4 aromatic rings. The van der Waals surface area contributed by atoms with Crippen molar-refractivity contribution in [2.45, 2.75) is 132 Å². The molecule has 12 atom stereocenters. The van der Waals surface area contributed by atoms with Gasteiger partial charge in [-0.3, -0.25) is 19.2 Å². The molecule has 0 bridgehead atoms. The van der Waals surface area contributed by atoms with Gasteiger partial charge in [0.2, 0.25) is 12.6 Å². The first-order valence-corrected chi connectivity index (χ1v) is 32.2. The number of benzene rings is 4. The Balaban J connectivity index is 0.816. The number of nitrogens with zero attached hydrogens (tertiary/aromatic N) is 4. The fourth-order valence-electron chi connectivity index (χ4n) is 12.4. The minimum absolute atomic E-state index is 0.0114. The number of aliphatic hydroxyl groups is 8. The number of ketones is 1. The summed E-state index contributed by atoms with van der Waals surface area (Å²) in [6.07, 6.45) is -15.6. The Morgan fingerprint density at radius 2 is 0.990 bits per heavy atom. The van der Waals surface area contributed by atoms with E-state index in [4.69, 9.17) is 56.8 Å². The van der Waals surface area contributed by atoms with Crippen LogP contribution in [-0.4, -0.2) is 248 Å². The van der Waals surface area contributed by atoms with Crippen molar-refractivity contribution in [3.05, 3.63) is 118 Å². The number of nitrogens with one attached hydrogen (secondary N) is 1. The van der Waals surface area contributed by atoms with Crippen LogP contribution in [-0.2, 0) is 41.6 Å².